The third-order valence-electron chi connectivity index (χ3n) is 4.24. The largest absolute Gasteiger partial charge is 0.343 e. The fourth-order valence-corrected chi connectivity index (χ4v) is 4.19. The van der Waals surface area contributed by atoms with Crippen LogP contribution < -0.4 is 11.0 Å². The summed E-state index contributed by atoms with van der Waals surface area (Å²) < 4.78 is 1.59. The molecule has 1 aromatic rings. The number of rotatable bonds is 4. The van der Waals surface area contributed by atoms with Crippen LogP contribution in [0.5, 0.6) is 0 Å². The molecule has 3 unspecified atom stereocenters. The molecule has 19 heavy (non-hydrogen) atoms. The van der Waals surface area contributed by atoms with Crippen molar-refractivity contribution in [3.05, 3.63) is 10.5 Å². The highest BCUT2D eigenvalue weighted by Crippen LogP contribution is 2.38. The molecule has 0 spiro atoms. The fourth-order valence-electron chi connectivity index (χ4n) is 2.80. The molecule has 0 amide bonds. The molecule has 1 saturated carbocycles. The average molecular weight is 284 g/mol. The quantitative estimate of drug-likeness (QED) is 0.882. The second kappa shape index (κ2) is 6.13. The number of hydrogen-bond donors (Lipinski definition) is 2. The first-order valence-electron chi connectivity index (χ1n) is 6.98. The maximum absolute atomic E-state index is 11.4. The molecule has 6 heteroatoms. The third kappa shape index (κ3) is 3.23. The van der Waals surface area contributed by atoms with Gasteiger partial charge in [0.05, 0.1) is 0 Å². The molecule has 0 aliphatic heterocycles. The number of aromatic amines is 1. The van der Waals surface area contributed by atoms with Crippen LogP contribution in [0.1, 0.15) is 33.1 Å². The Labute approximate surface area is 118 Å². The van der Waals surface area contributed by atoms with Gasteiger partial charge >= 0.3 is 5.69 Å². The maximum atomic E-state index is 11.4. The van der Waals surface area contributed by atoms with Crippen LogP contribution in [-0.2, 0) is 7.05 Å². The van der Waals surface area contributed by atoms with E-state index in [0.717, 1.165) is 17.0 Å². The molecular formula is C13H24N4OS. The number of aromatic nitrogens is 3. The van der Waals surface area contributed by atoms with Gasteiger partial charge in [0.25, 0.3) is 0 Å². The molecule has 1 aliphatic rings. The van der Waals surface area contributed by atoms with Gasteiger partial charge in [-0.05, 0) is 38.1 Å². The molecule has 5 nitrogen and oxygen atoms in total. The summed E-state index contributed by atoms with van der Waals surface area (Å²) >= 11 is 1.72. The lowest BCUT2D eigenvalue weighted by Gasteiger charge is -2.37. The van der Waals surface area contributed by atoms with Crippen LogP contribution in [-0.4, -0.2) is 33.1 Å². The highest BCUT2D eigenvalue weighted by molar-refractivity contribution is 7.99. The molecule has 1 aromatic heterocycles. The van der Waals surface area contributed by atoms with Gasteiger partial charge in [-0.2, -0.15) is 0 Å². The zero-order valence-corrected chi connectivity index (χ0v) is 13.0. The van der Waals surface area contributed by atoms with Crippen molar-refractivity contribution in [3.8, 4) is 0 Å². The van der Waals surface area contributed by atoms with E-state index in [1.54, 1.807) is 23.4 Å². The Balaban J connectivity index is 2.10. The van der Waals surface area contributed by atoms with Crippen LogP contribution in [0.3, 0.4) is 0 Å². The molecule has 1 fully saturated rings. The van der Waals surface area contributed by atoms with Gasteiger partial charge in [0.2, 0.25) is 0 Å². The monoisotopic (exact) mass is 284 g/mol. The molecule has 0 radical (unpaired) electrons. The minimum atomic E-state index is -0.139. The van der Waals surface area contributed by atoms with Crippen LogP contribution >= 0.6 is 11.8 Å². The number of nitrogens with one attached hydrogen (secondary N) is 2. The highest BCUT2D eigenvalue weighted by atomic mass is 32.2. The Bertz CT molecular complexity index is 467. The van der Waals surface area contributed by atoms with E-state index in [1.165, 1.54) is 19.3 Å². The first kappa shape index (κ1) is 14.7. The van der Waals surface area contributed by atoms with Gasteiger partial charge in [0.15, 0.2) is 5.16 Å². The Morgan fingerprint density at radius 3 is 2.74 bits per heavy atom. The van der Waals surface area contributed by atoms with E-state index >= 15 is 0 Å². The second-order valence-electron chi connectivity index (χ2n) is 5.74. The summed E-state index contributed by atoms with van der Waals surface area (Å²) in [6, 6.07) is 0.506. The van der Waals surface area contributed by atoms with Crippen LogP contribution in [0.25, 0.3) is 0 Å². The molecule has 3 atom stereocenters. The van der Waals surface area contributed by atoms with Gasteiger partial charge in [-0.1, -0.05) is 25.6 Å². The summed E-state index contributed by atoms with van der Waals surface area (Å²) in [5.74, 6) is 1.50. The summed E-state index contributed by atoms with van der Waals surface area (Å²) in [4.78, 5) is 11.4. The van der Waals surface area contributed by atoms with Crippen molar-refractivity contribution in [3.63, 3.8) is 0 Å². The van der Waals surface area contributed by atoms with Crippen molar-refractivity contribution in [2.75, 3.05) is 7.05 Å². The summed E-state index contributed by atoms with van der Waals surface area (Å²) in [5.41, 5.74) is -0.139. The van der Waals surface area contributed by atoms with E-state index in [0.29, 0.717) is 11.3 Å². The molecule has 0 aromatic carbocycles. The molecule has 1 heterocycles. The second-order valence-corrected chi connectivity index (χ2v) is 6.95. The number of hydrogen-bond acceptors (Lipinski definition) is 4. The Hall–Kier alpha value is -0.750. The number of thioether (sulfide) groups is 1. The third-order valence-corrected chi connectivity index (χ3v) is 5.64. The topological polar surface area (TPSA) is 62.7 Å². The van der Waals surface area contributed by atoms with E-state index in [4.69, 9.17) is 0 Å². The summed E-state index contributed by atoms with van der Waals surface area (Å²) in [7, 11) is 3.79. The van der Waals surface area contributed by atoms with Crippen molar-refractivity contribution in [2.45, 2.75) is 49.6 Å². The highest BCUT2D eigenvalue weighted by Gasteiger charge is 2.32. The van der Waals surface area contributed by atoms with E-state index in [1.807, 2.05) is 7.05 Å². The SMILES string of the molecule is CNC1CCC(C(C)C)CC1Sc1n[nH]c(=O)n1C. The predicted octanol–water partition coefficient (Wildman–Crippen LogP) is 1.61. The van der Waals surface area contributed by atoms with Crippen molar-refractivity contribution < 1.29 is 0 Å². The molecular weight excluding hydrogens is 260 g/mol. The summed E-state index contributed by atoms with van der Waals surface area (Å²) in [5, 5.41) is 11.3. The lowest BCUT2D eigenvalue weighted by Crippen LogP contribution is -2.41. The molecule has 0 bridgehead atoms. The molecule has 2 N–H and O–H groups in total. The first-order valence-corrected chi connectivity index (χ1v) is 7.86. The van der Waals surface area contributed by atoms with E-state index < -0.39 is 0 Å². The van der Waals surface area contributed by atoms with E-state index in [9.17, 15) is 4.79 Å². The zero-order valence-electron chi connectivity index (χ0n) is 12.1. The van der Waals surface area contributed by atoms with Crippen LogP contribution in [0, 0.1) is 11.8 Å². The lowest BCUT2D eigenvalue weighted by atomic mass is 9.79. The molecule has 2 rings (SSSR count). The summed E-state index contributed by atoms with van der Waals surface area (Å²) in [6.07, 6.45) is 3.68. The number of H-pyrrole nitrogens is 1. The van der Waals surface area contributed by atoms with Crippen LogP contribution in [0.4, 0.5) is 0 Å². The molecule has 108 valence electrons. The van der Waals surface area contributed by atoms with Crippen molar-refractivity contribution >= 4 is 11.8 Å². The van der Waals surface area contributed by atoms with Gasteiger partial charge in [0.1, 0.15) is 0 Å². The fraction of sp³-hybridized carbons (Fsp3) is 0.846. The van der Waals surface area contributed by atoms with Gasteiger partial charge < -0.3 is 5.32 Å². The molecule has 0 saturated heterocycles. The Morgan fingerprint density at radius 2 is 2.21 bits per heavy atom. The van der Waals surface area contributed by atoms with E-state index in [-0.39, 0.29) is 5.69 Å². The van der Waals surface area contributed by atoms with Gasteiger partial charge in [-0.25, -0.2) is 9.89 Å². The number of nitrogens with zero attached hydrogens (tertiary/aromatic N) is 2. The van der Waals surface area contributed by atoms with Gasteiger partial charge in [-0.15, -0.1) is 5.10 Å². The van der Waals surface area contributed by atoms with Crippen molar-refractivity contribution in [1.82, 2.24) is 20.1 Å². The average Bonchev–Trinajstić information content (AvgIpc) is 2.70. The normalized spacial score (nSPS) is 27.9. The van der Waals surface area contributed by atoms with Gasteiger partial charge in [-0.3, -0.25) is 4.57 Å². The van der Waals surface area contributed by atoms with Crippen molar-refractivity contribution in [1.29, 1.82) is 0 Å². The van der Waals surface area contributed by atoms with Gasteiger partial charge in [0, 0.05) is 18.3 Å². The Morgan fingerprint density at radius 1 is 1.47 bits per heavy atom. The minimum absolute atomic E-state index is 0.139. The smallest absolute Gasteiger partial charge is 0.316 e. The Kier molecular flexibility index (Phi) is 4.73. The first-order chi connectivity index (χ1) is 9.02. The van der Waals surface area contributed by atoms with E-state index in [2.05, 4.69) is 29.4 Å². The predicted molar refractivity (Wildman–Crippen MR) is 78.5 cm³/mol. The minimum Gasteiger partial charge on any atom is -0.316 e. The lowest BCUT2D eigenvalue weighted by molar-refractivity contribution is 0.251. The molecule has 1 aliphatic carbocycles. The zero-order chi connectivity index (χ0) is 14.0. The summed E-state index contributed by atoms with van der Waals surface area (Å²) in [6.45, 7) is 4.60. The maximum Gasteiger partial charge on any atom is 0.343 e. The van der Waals surface area contributed by atoms with Crippen LogP contribution in [0.2, 0.25) is 0 Å². The standard InChI is InChI=1S/C13H24N4OS/c1-8(2)9-5-6-10(14-3)11(7-9)19-13-16-15-12(18)17(13)4/h8-11,14H,5-7H2,1-4H3,(H,15,18). The van der Waals surface area contributed by atoms with Crippen molar-refractivity contribution in [2.24, 2.45) is 18.9 Å². The van der Waals surface area contributed by atoms with Crippen LogP contribution in [0.15, 0.2) is 9.95 Å².